The summed E-state index contributed by atoms with van der Waals surface area (Å²) in [5.41, 5.74) is 3.09. The van der Waals surface area contributed by atoms with Gasteiger partial charge in [0.25, 0.3) is 5.91 Å². The van der Waals surface area contributed by atoms with Crippen molar-refractivity contribution in [3.8, 4) is 11.5 Å². The standard InChI is InChI=1S/C15H13ClN2O3/c16-12-2-1-3-14(8-12)21-10-15(20)18-17-9-11-4-6-13(19)7-5-11/h1-9,19H,10H2,(H,18,20). The van der Waals surface area contributed by atoms with Crippen molar-refractivity contribution in [2.75, 3.05) is 6.61 Å². The van der Waals surface area contributed by atoms with Gasteiger partial charge in [-0.15, -0.1) is 0 Å². The number of nitrogens with zero attached hydrogens (tertiary/aromatic N) is 1. The molecule has 108 valence electrons. The molecule has 0 saturated heterocycles. The summed E-state index contributed by atoms with van der Waals surface area (Å²) < 4.78 is 5.26. The van der Waals surface area contributed by atoms with E-state index in [0.717, 1.165) is 5.56 Å². The van der Waals surface area contributed by atoms with E-state index in [1.165, 1.54) is 18.3 Å². The second-order valence-corrected chi connectivity index (χ2v) is 4.57. The minimum Gasteiger partial charge on any atom is -0.508 e. The SMILES string of the molecule is O=C(COc1cccc(Cl)c1)NN=Cc1ccc(O)cc1. The number of phenolic OH excluding ortho intramolecular Hbond substituents is 1. The lowest BCUT2D eigenvalue weighted by Crippen LogP contribution is -2.24. The molecule has 0 fully saturated rings. The summed E-state index contributed by atoms with van der Waals surface area (Å²) in [6, 6.07) is 13.2. The number of hydrogen-bond donors (Lipinski definition) is 2. The van der Waals surface area contributed by atoms with E-state index in [1.807, 2.05) is 0 Å². The van der Waals surface area contributed by atoms with Crippen LogP contribution in [-0.2, 0) is 4.79 Å². The van der Waals surface area contributed by atoms with Crippen molar-refractivity contribution in [3.05, 3.63) is 59.1 Å². The van der Waals surface area contributed by atoms with Gasteiger partial charge >= 0.3 is 0 Å². The van der Waals surface area contributed by atoms with Gasteiger partial charge in [-0.05, 0) is 48.0 Å². The van der Waals surface area contributed by atoms with E-state index in [4.69, 9.17) is 21.4 Å². The van der Waals surface area contributed by atoms with E-state index < -0.39 is 0 Å². The lowest BCUT2D eigenvalue weighted by molar-refractivity contribution is -0.123. The molecule has 0 saturated carbocycles. The molecular formula is C15H13ClN2O3. The first-order valence-electron chi connectivity index (χ1n) is 6.13. The Labute approximate surface area is 126 Å². The van der Waals surface area contributed by atoms with Gasteiger partial charge in [-0.25, -0.2) is 5.43 Å². The fourth-order valence-corrected chi connectivity index (χ4v) is 1.66. The average molecular weight is 305 g/mol. The summed E-state index contributed by atoms with van der Waals surface area (Å²) in [6.45, 7) is -0.159. The molecule has 0 bridgehead atoms. The number of benzene rings is 2. The number of nitrogens with one attached hydrogen (secondary N) is 1. The van der Waals surface area contributed by atoms with Crippen LogP contribution in [0, 0.1) is 0 Å². The normalized spacial score (nSPS) is 10.5. The fraction of sp³-hybridized carbons (Fsp3) is 0.0667. The van der Waals surface area contributed by atoms with Crippen molar-refractivity contribution in [1.29, 1.82) is 0 Å². The van der Waals surface area contributed by atoms with Crippen LogP contribution >= 0.6 is 11.6 Å². The monoisotopic (exact) mass is 304 g/mol. The molecule has 5 nitrogen and oxygen atoms in total. The summed E-state index contributed by atoms with van der Waals surface area (Å²) in [5.74, 6) is 0.302. The molecule has 0 aliphatic rings. The zero-order valence-electron chi connectivity index (χ0n) is 11.0. The first-order chi connectivity index (χ1) is 10.1. The number of ether oxygens (including phenoxy) is 1. The molecular weight excluding hydrogens is 292 g/mol. The Bertz CT molecular complexity index is 642. The molecule has 0 aliphatic heterocycles. The number of carbonyl (C=O) groups is 1. The van der Waals surface area contributed by atoms with Crippen molar-refractivity contribution >= 4 is 23.7 Å². The van der Waals surface area contributed by atoms with Crippen LogP contribution in [0.5, 0.6) is 11.5 Å². The average Bonchev–Trinajstić information content (AvgIpc) is 2.47. The van der Waals surface area contributed by atoms with Crippen LogP contribution in [0.2, 0.25) is 5.02 Å². The number of rotatable bonds is 5. The second kappa shape index (κ2) is 7.31. The third-order valence-corrected chi connectivity index (χ3v) is 2.70. The Morgan fingerprint density at radius 2 is 2.05 bits per heavy atom. The maximum Gasteiger partial charge on any atom is 0.277 e. The second-order valence-electron chi connectivity index (χ2n) is 4.13. The highest BCUT2D eigenvalue weighted by atomic mass is 35.5. The van der Waals surface area contributed by atoms with Crippen LogP contribution < -0.4 is 10.2 Å². The van der Waals surface area contributed by atoms with Crippen LogP contribution in [0.4, 0.5) is 0 Å². The minimum atomic E-state index is -0.384. The molecule has 0 aromatic heterocycles. The Morgan fingerprint density at radius 1 is 1.29 bits per heavy atom. The Hall–Kier alpha value is -2.53. The lowest BCUT2D eigenvalue weighted by Gasteiger charge is -2.04. The van der Waals surface area contributed by atoms with Gasteiger partial charge in [0.05, 0.1) is 6.21 Å². The van der Waals surface area contributed by atoms with Crippen LogP contribution in [0.1, 0.15) is 5.56 Å². The maximum atomic E-state index is 11.5. The van der Waals surface area contributed by atoms with Gasteiger partial charge in [-0.1, -0.05) is 17.7 Å². The predicted molar refractivity (Wildman–Crippen MR) is 80.8 cm³/mol. The zero-order valence-corrected chi connectivity index (χ0v) is 11.7. The molecule has 0 atom stereocenters. The fourth-order valence-electron chi connectivity index (χ4n) is 1.48. The van der Waals surface area contributed by atoms with Crippen LogP contribution in [-0.4, -0.2) is 23.8 Å². The number of aromatic hydroxyl groups is 1. The molecule has 2 aromatic carbocycles. The molecule has 0 radical (unpaired) electrons. The van der Waals surface area contributed by atoms with E-state index >= 15 is 0 Å². The molecule has 2 N–H and O–H groups in total. The number of carbonyl (C=O) groups excluding carboxylic acids is 1. The van der Waals surface area contributed by atoms with Gasteiger partial charge in [-0.2, -0.15) is 5.10 Å². The minimum absolute atomic E-state index is 0.159. The molecule has 2 aromatic rings. The molecule has 2 rings (SSSR count). The predicted octanol–water partition coefficient (Wildman–Crippen LogP) is 2.57. The van der Waals surface area contributed by atoms with E-state index in [-0.39, 0.29) is 18.3 Å². The van der Waals surface area contributed by atoms with Crippen molar-refractivity contribution in [1.82, 2.24) is 5.43 Å². The summed E-state index contributed by atoms with van der Waals surface area (Å²) in [4.78, 5) is 11.5. The summed E-state index contributed by atoms with van der Waals surface area (Å²) in [5, 5.41) is 13.5. The first kappa shape index (κ1) is 14.9. The quantitative estimate of drug-likeness (QED) is 0.659. The molecule has 0 unspecified atom stereocenters. The number of halogens is 1. The molecule has 0 aliphatic carbocycles. The zero-order chi connectivity index (χ0) is 15.1. The summed E-state index contributed by atoms with van der Waals surface area (Å²) >= 11 is 5.80. The van der Waals surface area contributed by atoms with Gasteiger partial charge in [0, 0.05) is 5.02 Å². The van der Waals surface area contributed by atoms with Gasteiger partial charge < -0.3 is 9.84 Å². The van der Waals surface area contributed by atoms with Gasteiger partial charge in [0.15, 0.2) is 6.61 Å². The Morgan fingerprint density at radius 3 is 2.76 bits per heavy atom. The lowest BCUT2D eigenvalue weighted by atomic mass is 10.2. The maximum absolute atomic E-state index is 11.5. The summed E-state index contributed by atoms with van der Waals surface area (Å²) in [7, 11) is 0. The van der Waals surface area contributed by atoms with E-state index in [9.17, 15) is 4.79 Å². The Balaban J connectivity index is 1.78. The third-order valence-electron chi connectivity index (χ3n) is 2.46. The molecule has 6 heteroatoms. The van der Waals surface area contributed by atoms with Crippen molar-refractivity contribution in [3.63, 3.8) is 0 Å². The Kier molecular flexibility index (Phi) is 5.17. The van der Waals surface area contributed by atoms with E-state index in [1.54, 1.807) is 36.4 Å². The van der Waals surface area contributed by atoms with Crippen LogP contribution in [0.15, 0.2) is 53.6 Å². The topological polar surface area (TPSA) is 70.9 Å². The third kappa shape index (κ3) is 5.16. The van der Waals surface area contributed by atoms with Gasteiger partial charge in [-0.3, -0.25) is 4.79 Å². The van der Waals surface area contributed by atoms with Crippen LogP contribution in [0.25, 0.3) is 0 Å². The molecule has 1 amide bonds. The first-order valence-corrected chi connectivity index (χ1v) is 6.50. The van der Waals surface area contributed by atoms with E-state index in [0.29, 0.717) is 10.8 Å². The van der Waals surface area contributed by atoms with Crippen molar-refractivity contribution < 1.29 is 14.6 Å². The van der Waals surface area contributed by atoms with Crippen molar-refractivity contribution in [2.45, 2.75) is 0 Å². The highest BCUT2D eigenvalue weighted by Crippen LogP contribution is 2.16. The van der Waals surface area contributed by atoms with Crippen molar-refractivity contribution in [2.24, 2.45) is 5.10 Å². The smallest absolute Gasteiger partial charge is 0.277 e. The largest absolute Gasteiger partial charge is 0.508 e. The van der Waals surface area contributed by atoms with Gasteiger partial charge in [0.1, 0.15) is 11.5 Å². The molecule has 0 heterocycles. The highest BCUT2D eigenvalue weighted by Gasteiger charge is 2.01. The number of phenols is 1. The number of hydrogen-bond acceptors (Lipinski definition) is 4. The van der Waals surface area contributed by atoms with Gasteiger partial charge in [0.2, 0.25) is 0 Å². The summed E-state index contributed by atoms with van der Waals surface area (Å²) in [6.07, 6.45) is 1.47. The molecule has 0 spiro atoms. The van der Waals surface area contributed by atoms with Crippen LogP contribution in [0.3, 0.4) is 0 Å². The number of amides is 1. The highest BCUT2D eigenvalue weighted by molar-refractivity contribution is 6.30. The number of hydrazone groups is 1. The molecule has 21 heavy (non-hydrogen) atoms. The van der Waals surface area contributed by atoms with E-state index in [2.05, 4.69) is 10.5 Å².